The van der Waals surface area contributed by atoms with Gasteiger partial charge < -0.3 is 14.3 Å². The normalized spacial score (nSPS) is 20.0. The summed E-state index contributed by atoms with van der Waals surface area (Å²) in [5.41, 5.74) is 2.77. The van der Waals surface area contributed by atoms with Crippen molar-refractivity contribution in [2.75, 3.05) is 32.7 Å². The summed E-state index contributed by atoms with van der Waals surface area (Å²) < 4.78 is 18.3. The Balaban J connectivity index is 1.34. The average molecular weight is 429 g/mol. The van der Waals surface area contributed by atoms with Gasteiger partial charge in [-0.15, -0.1) is 0 Å². The van der Waals surface area contributed by atoms with Crippen molar-refractivity contribution in [1.82, 2.24) is 19.9 Å². The van der Waals surface area contributed by atoms with Crippen LogP contribution >= 0.6 is 0 Å². The summed E-state index contributed by atoms with van der Waals surface area (Å²) >= 11 is 0. The van der Waals surface area contributed by atoms with Gasteiger partial charge >= 0.3 is 0 Å². The number of nitrogens with zero attached hydrogens (tertiary/aromatic N) is 4. The number of benzene rings is 1. The Morgan fingerprint density at radius 1 is 1.13 bits per heavy atom. The molecule has 8 heteroatoms. The Morgan fingerprint density at radius 3 is 2.58 bits per heavy atom. The molecule has 2 fully saturated rings. The van der Waals surface area contributed by atoms with E-state index in [-0.39, 0.29) is 23.7 Å². The van der Waals surface area contributed by atoms with Gasteiger partial charge in [-0.1, -0.05) is 17.3 Å². The van der Waals surface area contributed by atoms with E-state index >= 15 is 0 Å². The predicted octanol–water partition coefficient (Wildman–Crippen LogP) is 2.31. The fraction of sp³-hybridized carbons (Fsp3) is 0.522. The first-order chi connectivity index (χ1) is 14.9. The van der Waals surface area contributed by atoms with Gasteiger partial charge in [0.15, 0.2) is 0 Å². The fourth-order valence-corrected chi connectivity index (χ4v) is 4.56. The van der Waals surface area contributed by atoms with Crippen LogP contribution in [0.5, 0.6) is 0 Å². The Hall–Kier alpha value is -2.74. The molecule has 31 heavy (non-hydrogen) atoms. The summed E-state index contributed by atoms with van der Waals surface area (Å²) in [6, 6.07) is 6.10. The third-order valence-electron chi connectivity index (χ3n) is 6.43. The number of aryl methyl sites for hydroxylation is 2. The number of hydrogen-bond acceptors (Lipinski definition) is 5. The van der Waals surface area contributed by atoms with Crippen molar-refractivity contribution in [2.24, 2.45) is 0 Å². The average Bonchev–Trinajstić information content (AvgIpc) is 2.95. The standard InChI is InChI=1S/C23H29FN4O3/c1-16-20(17(2)31-25-16)7-8-22(29)27-10-9-21-23(30)28(14-12-26(21)11-13-27)15-18-3-5-19(24)6-4-18/h3-6,21H,7-15H2,1-2H3. The van der Waals surface area contributed by atoms with Gasteiger partial charge in [-0.25, -0.2) is 4.39 Å². The van der Waals surface area contributed by atoms with Gasteiger partial charge in [-0.2, -0.15) is 0 Å². The topological polar surface area (TPSA) is 69.9 Å². The van der Waals surface area contributed by atoms with E-state index in [0.29, 0.717) is 52.0 Å². The van der Waals surface area contributed by atoms with Gasteiger partial charge in [0.2, 0.25) is 11.8 Å². The smallest absolute Gasteiger partial charge is 0.240 e. The van der Waals surface area contributed by atoms with Gasteiger partial charge in [0, 0.05) is 51.3 Å². The number of rotatable bonds is 5. The number of carbonyl (C=O) groups is 2. The van der Waals surface area contributed by atoms with Crippen LogP contribution in [0.25, 0.3) is 0 Å². The molecule has 7 nitrogen and oxygen atoms in total. The first-order valence-corrected chi connectivity index (χ1v) is 10.9. The zero-order valence-corrected chi connectivity index (χ0v) is 18.1. The molecule has 0 spiro atoms. The van der Waals surface area contributed by atoms with Gasteiger partial charge in [-0.05, 0) is 44.4 Å². The van der Waals surface area contributed by atoms with E-state index in [9.17, 15) is 14.0 Å². The van der Waals surface area contributed by atoms with E-state index in [2.05, 4.69) is 10.1 Å². The molecule has 2 aliphatic rings. The molecule has 3 heterocycles. The number of fused-ring (bicyclic) bond motifs is 1. The Labute approximate surface area is 181 Å². The Morgan fingerprint density at radius 2 is 1.87 bits per heavy atom. The third-order valence-corrected chi connectivity index (χ3v) is 6.43. The molecule has 0 N–H and O–H groups in total. The summed E-state index contributed by atoms with van der Waals surface area (Å²) in [4.78, 5) is 31.9. The van der Waals surface area contributed by atoms with Crippen molar-refractivity contribution in [1.29, 1.82) is 0 Å². The second-order valence-corrected chi connectivity index (χ2v) is 8.41. The quantitative estimate of drug-likeness (QED) is 0.731. The highest BCUT2D eigenvalue weighted by Gasteiger charge is 2.37. The molecule has 0 saturated carbocycles. The zero-order chi connectivity index (χ0) is 22.0. The molecule has 4 rings (SSSR count). The molecular formula is C23H29FN4O3. The van der Waals surface area contributed by atoms with E-state index in [1.165, 1.54) is 12.1 Å². The van der Waals surface area contributed by atoms with Crippen LogP contribution in [-0.4, -0.2) is 70.4 Å². The number of aromatic nitrogens is 1. The first-order valence-electron chi connectivity index (χ1n) is 10.9. The number of hydrogen-bond donors (Lipinski definition) is 0. The summed E-state index contributed by atoms with van der Waals surface area (Å²) in [7, 11) is 0. The molecule has 2 aliphatic heterocycles. The minimum atomic E-state index is -0.275. The second-order valence-electron chi connectivity index (χ2n) is 8.41. The molecular weight excluding hydrogens is 399 g/mol. The van der Waals surface area contributed by atoms with Gasteiger partial charge in [-0.3, -0.25) is 14.5 Å². The molecule has 1 unspecified atom stereocenters. The Kier molecular flexibility index (Phi) is 6.36. The molecule has 2 aromatic rings. The maximum atomic E-state index is 13.2. The second kappa shape index (κ2) is 9.18. The predicted molar refractivity (Wildman–Crippen MR) is 113 cm³/mol. The highest BCUT2D eigenvalue weighted by molar-refractivity contribution is 5.83. The first kappa shape index (κ1) is 21.5. The third kappa shape index (κ3) is 4.79. The van der Waals surface area contributed by atoms with Crippen LogP contribution in [0.3, 0.4) is 0 Å². The van der Waals surface area contributed by atoms with Gasteiger partial charge in [0.1, 0.15) is 11.6 Å². The fourth-order valence-electron chi connectivity index (χ4n) is 4.56. The van der Waals surface area contributed by atoms with Crippen molar-refractivity contribution in [2.45, 2.75) is 45.7 Å². The van der Waals surface area contributed by atoms with Crippen LogP contribution in [0.2, 0.25) is 0 Å². The molecule has 0 radical (unpaired) electrons. The summed E-state index contributed by atoms with van der Waals surface area (Å²) in [5, 5.41) is 3.95. The minimum Gasteiger partial charge on any atom is -0.361 e. The van der Waals surface area contributed by atoms with Crippen molar-refractivity contribution < 1.29 is 18.5 Å². The van der Waals surface area contributed by atoms with E-state index in [0.717, 1.165) is 29.1 Å². The van der Waals surface area contributed by atoms with Crippen LogP contribution in [0.1, 0.15) is 35.4 Å². The molecule has 0 aliphatic carbocycles. The van der Waals surface area contributed by atoms with Crippen LogP contribution in [0, 0.1) is 19.7 Å². The SMILES string of the molecule is Cc1noc(C)c1CCC(=O)N1CCC2C(=O)N(Cc3ccc(F)cc3)CCN2CC1. The molecule has 2 saturated heterocycles. The molecule has 1 aromatic carbocycles. The van der Waals surface area contributed by atoms with Crippen LogP contribution < -0.4 is 0 Å². The maximum absolute atomic E-state index is 13.2. The lowest BCUT2D eigenvalue weighted by molar-refractivity contribution is -0.142. The van der Waals surface area contributed by atoms with Crippen LogP contribution in [0.4, 0.5) is 4.39 Å². The number of carbonyl (C=O) groups excluding carboxylic acids is 2. The highest BCUT2D eigenvalue weighted by Crippen LogP contribution is 2.21. The zero-order valence-electron chi connectivity index (χ0n) is 18.1. The largest absolute Gasteiger partial charge is 0.361 e. The van der Waals surface area contributed by atoms with Crippen molar-refractivity contribution in [3.63, 3.8) is 0 Å². The van der Waals surface area contributed by atoms with Crippen molar-refractivity contribution >= 4 is 11.8 Å². The summed E-state index contributed by atoms with van der Waals surface area (Å²) in [5.74, 6) is 0.698. The lowest BCUT2D eigenvalue weighted by Crippen LogP contribution is -2.56. The molecule has 1 atom stereocenters. The van der Waals surface area contributed by atoms with Gasteiger partial charge in [0.05, 0.1) is 11.7 Å². The maximum Gasteiger partial charge on any atom is 0.240 e. The van der Waals surface area contributed by atoms with Gasteiger partial charge in [0.25, 0.3) is 0 Å². The molecule has 0 bridgehead atoms. The summed E-state index contributed by atoms with van der Waals surface area (Å²) in [6.07, 6.45) is 1.67. The van der Waals surface area contributed by atoms with E-state index < -0.39 is 0 Å². The molecule has 2 amide bonds. The highest BCUT2D eigenvalue weighted by atomic mass is 19.1. The van der Waals surface area contributed by atoms with Crippen molar-refractivity contribution in [3.8, 4) is 0 Å². The van der Waals surface area contributed by atoms with Crippen LogP contribution in [-0.2, 0) is 22.6 Å². The Bertz CT molecular complexity index is 923. The molecule has 1 aromatic heterocycles. The van der Waals surface area contributed by atoms with E-state index in [1.807, 2.05) is 23.6 Å². The lowest BCUT2D eigenvalue weighted by Gasteiger charge is -2.39. The molecule has 166 valence electrons. The van der Waals surface area contributed by atoms with Crippen LogP contribution in [0.15, 0.2) is 28.8 Å². The number of halogens is 1. The number of piperazine rings is 1. The van der Waals surface area contributed by atoms with E-state index in [4.69, 9.17) is 4.52 Å². The lowest BCUT2D eigenvalue weighted by atomic mass is 10.1. The number of amides is 2. The monoisotopic (exact) mass is 428 g/mol. The minimum absolute atomic E-state index is 0.0978. The van der Waals surface area contributed by atoms with E-state index in [1.54, 1.807) is 12.1 Å². The van der Waals surface area contributed by atoms with Crippen molar-refractivity contribution in [3.05, 3.63) is 52.7 Å². The summed E-state index contributed by atoms with van der Waals surface area (Å²) in [6.45, 7) is 7.61.